The zero-order chi connectivity index (χ0) is 22.3. The van der Waals surface area contributed by atoms with E-state index < -0.39 is 16.8 Å². The Kier molecular flexibility index (Phi) is 5.45. The number of esters is 1. The Labute approximate surface area is 181 Å². The normalized spacial score (nSPS) is 23.5. The number of carbonyl (C=O) groups is 2. The third-order valence-electron chi connectivity index (χ3n) is 6.47. The SMILES string of the molecule is CC1=C(C(=O)OC2CCCC2)[C@H](c2ccc([N+](=O)[O-])cc2)C2=C(CC(C)(C)CC2=O)N1. The quantitative estimate of drug-likeness (QED) is 0.428. The number of nitrogens with one attached hydrogen (secondary N) is 1. The van der Waals surface area contributed by atoms with Crippen molar-refractivity contribution >= 4 is 17.4 Å². The fraction of sp³-hybridized carbons (Fsp3) is 0.500. The van der Waals surface area contributed by atoms with Gasteiger partial charge in [-0.2, -0.15) is 0 Å². The van der Waals surface area contributed by atoms with Crippen molar-refractivity contribution in [3.63, 3.8) is 0 Å². The molecule has 0 spiro atoms. The first kappa shape index (κ1) is 21.3. The van der Waals surface area contributed by atoms with E-state index in [0.29, 0.717) is 35.2 Å². The van der Waals surface area contributed by atoms with Gasteiger partial charge in [-0.3, -0.25) is 14.9 Å². The molecule has 7 heteroatoms. The van der Waals surface area contributed by atoms with Gasteiger partial charge >= 0.3 is 5.97 Å². The van der Waals surface area contributed by atoms with E-state index in [9.17, 15) is 19.7 Å². The lowest BCUT2D eigenvalue weighted by molar-refractivity contribution is -0.384. The predicted molar refractivity (Wildman–Crippen MR) is 115 cm³/mol. The number of nitrogens with zero attached hydrogens (tertiary/aromatic N) is 1. The number of carbonyl (C=O) groups excluding carboxylic acids is 2. The van der Waals surface area contributed by atoms with E-state index in [4.69, 9.17) is 4.74 Å². The van der Waals surface area contributed by atoms with E-state index in [-0.39, 0.29) is 23.0 Å². The van der Waals surface area contributed by atoms with Crippen LogP contribution in [0.5, 0.6) is 0 Å². The number of ketones is 1. The van der Waals surface area contributed by atoms with Crippen molar-refractivity contribution in [2.24, 2.45) is 5.41 Å². The monoisotopic (exact) mass is 424 g/mol. The first-order valence-electron chi connectivity index (χ1n) is 10.9. The summed E-state index contributed by atoms with van der Waals surface area (Å²) in [6.07, 6.45) is 4.79. The Morgan fingerprint density at radius 1 is 1.16 bits per heavy atom. The Balaban J connectivity index is 1.78. The minimum absolute atomic E-state index is 0.000712. The summed E-state index contributed by atoms with van der Waals surface area (Å²) in [6.45, 7) is 5.94. The summed E-state index contributed by atoms with van der Waals surface area (Å²) in [5.41, 5.74) is 2.99. The largest absolute Gasteiger partial charge is 0.459 e. The lowest BCUT2D eigenvalue weighted by Gasteiger charge is -2.39. The van der Waals surface area contributed by atoms with Gasteiger partial charge in [-0.1, -0.05) is 26.0 Å². The lowest BCUT2D eigenvalue weighted by atomic mass is 9.68. The van der Waals surface area contributed by atoms with Gasteiger partial charge in [-0.05, 0) is 50.0 Å². The molecule has 0 unspecified atom stereocenters. The number of hydrogen-bond acceptors (Lipinski definition) is 6. The molecule has 1 aromatic rings. The number of benzene rings is 1. The molecule has 3 aliphatic rings. The third-order valence-corrected chi connectivity index (χ3v) is 6.47. The Morgan fingerprint density at radius 2 is 1.81 bits per heavy atom. The van der Waals surface area contributed by atoms with Crippen LogP contribution in [0.4, 0.5) is 5.69 Å². The molecular weight excluding hydrogens is 396 g/mol. The summed E-state index contributed by atoms with van der Waals surface area (Å²) in [7, 11) is 0. The van der Waals surface area contributed by atoms with Crippen molar-refractivity contribution in [2.45, 2.75) is 71.3 Å². The van der Waals surface area contributed by atoms with E-state index in [1.807, 2.05) is 6.92 Å². The van der Waals surface area contributed by atoms with Gasteiger partial charge < -0.3 is 10.1 Å². The number of Topliss-reactive ketones (excluding diaryl/α,β-unsaturated/α-hetero) is 1. The molecule has 1 saturated carbocycles. The van der Waals surface area contributed by atoms with Crippen LogP contribution in [0.25, 0.3) is 0 Å². The fourth-order valence-corrected chi connectivity index (χ4v) is 5.05. The van der Waals surface area contributed by atoms with Crippen molar-refractivity contribution in [3.8, 4) is 0 Å². The van der Waals surface area contributed by atoms with Crippen LogP contribution >= 0.6 is 0 Å². The zero-order valence-electron chi connectivity index (χ0n) is 18.2. The topological polar surface area (TPSA) is 98.5 Å². The van der Waals surface area contributed by atoms with Crippen molar-refractivity contribution in [1.82, 2.24) is 5.32 Å². The zero-order valence-corrected chi connectivity index (χ0v) is 18.2. The molecule has 0 bridgehead atoms. The highest BCUT2D eigenvalue weighted by atomic mass is 16.6. The predicted octanol–water partition coefficient (Wildman–Crippen LogP) is 4.68. The summed E-state index contributed by atoms with van der Waals surface area (Å²) in [5.74, 6) is -1.00. The van der Waals surface area contributed by atoms with Gasteiger partial charge in [0.2, 0.25) is 0 Å². The highest BCUT2D eigenvalue weighted by Gasteiger charge is 2.43. The van der Waals surface area contributed by atoms with Crippen LogP contribution in [0.15, 0.2) is 46.8 Å². The molecule has 0 saturated heterocycles. The first-order chi connectivity index (χ1) is 14.7. The summed E-state index contributed by atoms with van der Waals surface area (Å²) in [5, 5.41) is 14.4. The first-order valence-corrected chi connectivity index (χ1v) is 10.9. The standard InChI is InChI=1S/C24H28N2O5/c1-14-20(23(28)31-17-6-4-5-7-17)21(15-8-10-16(11-9-15)26(29)30)22-18(25-14)12-24(2,3)13-19(22)27/h8-11,17,21,25H,4-7,12-13H2,1-3H3/t21-/m0/s1. The van der Waals surface area contributed by atoms with Crippen LogP contribution in [-0.2, 0) is 14.3 Å². The van der Waals surface area contributed by atoms with Gasteiger partial charge in [0.05, 0.1) is 10.5 Å². The van der Waals surface area contributed by atoms with Crippen molar-refractivity contribution in [1.29, 1.82) is 0 Å². The highest BCUT2D eigenvalue weighted by molar-refractivity contribution is 6.04. The van der Waals surface area contributed by atoms with Gasteiger partial charge in [-0.15, -0.1) is 0 Å². The highest BCUT2D eigenvalue weighted by Crippen LogP contribution is 2.47. The number of rotatable bonds is 4. The maximum absolute atomic E-state index is 13.3. The molecule has 1 aliphatic heterocycles. The number of ether oxygens (including phenoxy) is 1. The number of allylic oxidation sites excluding steroid dienone is 3. The van der Waals surface area contributed by atoms with Crippen LogP contribution in [0.1, 0.15) is 70.8 Å². The molecule has 0 aromatic heterocycles. The minimum atomic E-state index is -0.588. The maximum atomic E-state index is 13.3. The van der Waals surface area contributed by atoms with E-state index in [0.717, 1.165) is 31.4 Å². The molecule has 1 aromatic carbocycles. The molecule has 1 N–H and O–H groups in total. The second kappa shape index (κ2) is 7.94. The van der Waals surface area contributed by atoms with Crippen molar-refractivity contribution in [2.75, 3.05) is 0 Å². The number of non-ortho nitro benzene ring substituents is 1. The molecule has 1 atom stereocenters. The van der Waals surface area contributed by atoms with E-state index in [2.05, 4.69) is 19.2 Å². The average Bonchev–Trinajstić information content (AvgIpc) is 3.18. The molecule has 1 heterocycles. The summed E-state index contributed by atoms with van der Waals surface area (Å²) in [4.78, 5) is 37.2. The Morgan fingerprint density at radius 3 is 2.42 bits per heavy atom. The lowest BCUT2D eigenvalue weighted by Crippen LogP contribution is -2.39. The molecule has 4 rings (SSSR count). The molecule has 31 heavy (non-hydrogen) atoms. The molecule has 7 nitrogen and oxygen atoms in total. The smallest absolute Gasteiger partial charge is 0.337 e. The van der Waals surface area contributed by atoms with Gasteiger partial charge in [0.15, 0.2) is 5.78 Å². The maximum Gasteiger partial charge on any atom is 0.337 e. The fourth-order valence-electron chi connectivity index (χ4n) is 5.05. The van der Waals surface area contributed by atoms with Gasteiger partial charge in [0.1, 0.15) is 6.10 Å². The third kappa shape index (κ3) is 4.13. The van der Waals surface area contributed by atoms with E-state index in [1.54, 1.807) is 12.1 Å². The molecule has 0 radical (unpaired) electrons. The Hall–Kier alpha value is -2.96. The van der Waals surface area contributed by atoms with Crippen LogP contribution < -0.4 is 5.32 Å². The second-order valence-corrected chi connectivity index (χ2v) is 9.59. The molecule has 0 amide bonds. The van der Waals surface area contributed by atoms with Crippen LogP contribution in [0.3, 0.4) is 0 Å². The van der Waals surface area contributed by atoms with Gasteiger partial charge in [0.25, 0.3) is 5.69 Å². The Bertz CT molecular complexity index is 997. The number of nitro benzene ring substituents is 1. The number of hydrogen-bond donors (Lipinski definition) is 1. The van der Waals surface area contributed by atoms with Crippen LogP contribution in [0, 0.1) is 15.5 Å². The van der Waals surface area contributed by atoms with Gasteiger partial charge in [-0.25, -0.2) is 4.79 Å². The summed E-state index contributed by atoms with van der Waals surface area (Å²) in [6, 6.07) is 6.12. The molecule has 2 aliphatic carbocycles. The number of nitro groups is 1. The van der Waals surface area contributed by atoms with E-state index in [1.165, 1.54) is 12.1 Å². The minimum Gasteiger partial charge on any atom is -0.459 e. The average molecular weight is 424 g/mol. The van der Waals surface area contributed by atoms with Crippen LogP contribution in [-0.4, -0.2) is 22.8 Å². The summed E-state index contributed by atoms with van der Waals surface area (Å²) >= 11 is 0. The molecule has 164 valence electrons. The van der Waals surface area contributed by atoms with Gasteiger partial charge in [0, 0.05) is 41.4 Å². The second-order valence-electron chi connectivity index (χ2n) is 9.59. The van der Waals surface area contributed by atoms with E-state index >= 15 is 0 Å². The van der Waals surface area contributed by atoms with Crippen molar-refractivity contribution in [3.05, 3.63) is 62.5 Å². The number of dihydropyridines is 1. The molecular formula is C24H28N2O5. The molecule has 1 fully saturated rings. The van der Waals surface area contributed by atoms with Crippen molar-refractivity contribution < 1.29 is 19.2 Å². The summed E-state index contributed by atoms with van der Waals surface area (Å²) < 4.78 is 5.81. The van der Waals surface area contributed by atoms with Crippen LogP contribution in [0.2, 0.25) is 0 Å².